The predicted molar refractivity (Wildman–Crippen MR) is 174 cm³/mol. The summed E-state index contributed by atoms with van der Waals surface area (Å²) in [7, 11) is 1.57. The van der Waals surface area contributed by atoms with Crippen molar-refractivity contribution in [3.8, 4) is 23.0 Å². The monoisotopic (exact) mass is 628 g/mol. The van der Waals surface area contributed by atoms with E-state index in [0.29, 0.717) is 71.4 Å². The van der Waals surface area contributed by atoms with Crippen LogP contribution in [0, 0.1) is 0 Å². The van der Waals surface area contributed by atoms with E-state index in [9.17, 15) is 9.59 Å². The van der Waals surface area contributed by atoms with Crippen LogP contribution in [0.2, 0.25) is 0 Å². The maximum Gasteiger partial charge on any atom is 0.340 e. The van der Waals surface area contributed by atoms with Gasteiger partial charge in [-0.25, -0.2) is 4.79 Å². The highest BCUT2D eigenvalue weighted by Gasteiger charge is 2.53. The van der Waals surface area contributed by atoms with Gasteiger partial charge in [-0.1, -0.05) is 12.1 Å². The Balaban J connectivity index is 1.21. The molecule has 10 nitrogen and oxygen atoms in total. The minimum absolute atomic E-state index is 0.318. The second kappa shape index (κ2) is 12.6. The summed E-state index contributed by atoms with van der Waals surface area (Å²) in [5.74, 6) is 0.878. The van der Waals surface area contributed by atoms with E-state index in [2.05, 4.69) is 20.2 Å². The van der Waals surface area contributed by atoms with E-state index in [4.69, 9.17) is 18.9 Å². The number of esters is 2. The van der Waals surface area contributed by atoms with E-state index in [1.165, 1.54) is 6.92 Å². The summed E-state index contributed by atoms with van der Waals surface area (Å²) in [6, 6.07) is 28.0. The average molecular weight is 629 g/mol. The smallest absolute Gasteiger partial charge is 0.340 e. The third-order valence-corrected chi connectivity index (χ3v) is 8.23. The van der Waals surface area contributed by atoms with Crippen LogP contribution in [0.1, 0.15) is 45.4 Å². The normalized spacial score (nSPS) is 15.7. The second-order valence-electron chi connectivity index (χ2n) is 11.3. The number of nitrogens with one attached hydrogen (secondary N) is 1. The molecule has 47 heavy (non-hydrogen) atoms. The fraction of sp³-hybridized carbons (Fsp3) is 0.189. The zero-order chi connectivity index (χ0) is 32.4. The van der Waals surface area contributed by atoms with Crippen molar-refractivity contribution in [1.82, 2.24) is 14.9 Å². The van der Waals surface area contributed by atoms with Crippen molar-refractivity contribution in [2.75, 3.05) is 25.5 Å². The lowest BCUT2D eigenvalue weighted by Gasteiger charge is -2.36. The van der Waals surface area contributed by atoms with Crippen LogP contribution in [0.15, 0.2) is 103 Å². The molecule has 10 heteroatoms. The number of anilines is 1. The van der Waals surface area contributed by atoms with Gasteiger partial charge in [-0.2, -0.15) is 0 Å². The molecule has 7 rings (SSSR count). The van der Waals surface area contributed by atoms with Gasteiger partial charge in [-0.05, 0) is 66.7 Å². The molecule has 4 heterocycles. The van der Waals surface area contributed by atoms with Gasteiger partial charge in [-0.15, -0.1) is 0 Å². The molecule has 236 valence electrons. The fourth-order valence-electron chi connectivity index (χ4n) is 6.16. The second-order valence-corrected chi connectivity index (χ2v) is 11.3. The summed E-state index contributed by atoms with van der Waals surface area (Å²) < 4.78 is 23.4. The van der Waals surface area contributed by atoms with E-state index in [1.54, 1.807) is 49.8 Å². The number of ether oxygens (including phenoxy) is 4. The number of rotatable bonds is 10. The Morgan fingerprint density at radius 2 is 1.49 bits per heavy atom. The molecule has 2 aliphatic rings. The van der Waals surface area contributed by atoms with Crippen LogP contribution in [0.3, 0.4) is 0 Å². The van der Waals surface area contributed by atoms with Crippen molar-refractivity contribution in [2.24, 2.45) is 0 Å². The number of pyridine rings is 2. The molecule has 0 saturated carbocycles. The van der Waals surface area contributed by atoms with Crippen molar-refractivity contribution in [1.29, 1.82) is 0 Å². The molecule has 0 radical (unpaired) electrons. The Hall–Kier alpha value is -5.74. The summed E-state index contributed by atoms with van der Waals surface area (Å²) >= 11 is 0. The van der Waals surface area contributed by atoms with Crippen molar-refractivity contribution < 1.29 is 28.5 Å². The van der Waals surface area contributed by atoms with Crippen LogP contribution in [0.25, 0.3) is 0 Å². The number of fused-ring (bicyclic) bond motifs is 6. The first-order valence-electron chi connectivity index (χ1n) is 15.3. The number of nitrogens with zero attached hydrogens (tertiary/aromatic N) is 3. The van der Waals surface area contributed by atoms with Crippen molar-refractivity contribution in [2.45, 2.75) is 25.6 Å². The van der Waals surface area contributed by atoms with Crippen molar-refractivity contribution in [3.63, 3.8) is 0 Å². The molecule has 3 aromatic carbocycles. The molecule has 1 spiro atoms. The number of methoxy groups -OCH3 is 1. The van der Waals surface area contributed by atoms with E-state index in [0.717, 1.165) is 17.1 Å². The lowest BCUT2D eigenvalue weighted by Crippen LogP contribution is -2.33. The number of aromatic nitrogens is 2. The zero-order valence-corrected chi connectivity index (χ0v) is 25.9. The molecule has 1 atom stereocenters. The first kappa shape index (κ1) is 29.9. The highest BCUT2D eigenvalue weighted by Crippen LogP contribution is 2.57. The number of hydrogen-bond acceptors (Lipinski definition) is 10. The minimum atomic E-state index is -1.29. The Morgan fingerprint density at radius 3 is 2.11 bits per heavy atom. The molecule has 5 aromatic rings. The van der Waals surface area contributed by atoms with E-state index in [1.807, 2.05) is 60.7 Å². The lowest BCUT2D eigenvalue weighted by molar-refractivity contribution is -0.131. The van der Waals surface area contributed by atoms with Gasteiger partial charge in [0.1, 0.15) is 23.0 Å². The fourth-order valence-corrected chi connectivity index (χ4v) is 6.16. The molecule has 0 saturated heterocycles. The zero-order valence-electron chi connectivity index (χ0n) is 25.9. The Labute approximate surface area is 271 Å². The summed E-state index contributed by atoms with van der Waals surface area (Å²) in [6.45, 7) is 4.01. The van der Waals surface area contributed by atoms with Crippen LogP contribution in [0.5, 0.6) is 23.0 Å². The van der Waals surface area contributed by atoms with E-state index < -0.39 is 17.5 Å². The van der Waals surface area contributed by atoms with Gasteiger partial charge in [0.15, 0.2) is 5.60 Å². The number of hydrogen-bond donors (Lipinski definition) is 1. The molecule has 1 N–H and O–H groups in total. The summed E-state index contributed by atoms with van der Waals surface area (Å²) in [4.78, 5) is 36.5. The molecule has 0 amide bonds. The maximum atomic E-state index is 13.5. The van der Waals surface area contributed by atoms with Gasteiger partial charge in [0.05, 0.1) is 24.1 Å². The highest BCUT2D eigenvalue weighted by molar-refractivity contribution is 5.97. The highest BCUT2D eigenvalue weighted by atomic mass is 16.6. The topological polar surface area (TPSA) is 112 Å². The average Bonchev–Trinajstić information content (AvgIpc) is 3.36. The van der Waals surface area contributed by atoms with Gasteiger partial charge in [0.2, 0.25) is 0 Å². The Kier molecular flexibility index (Phi) is 8.01. The number of benzene rings is 3. The van der Waals surface area contributed by atoms with Crippen LogP contribution < -0.4 is 19.5 Å². The van der Waals surface area contributed by atoms with Crippen LogP contribution in [-0.4, -0.2) is 47.0 Å². The van der Waals surface area contributed by atoms with E-state index in [-0.39, 0.29) is 0 Å². The van der Waals surface area contributed by atoms with Crippen molar-refractivity contribution >= 4 is 17.6 Å². The van der Waals surface area contributed by atoms with E-state index >= 15 is 0 Å². The molecule has 0 fully saturated rings. The lowest BCUT2D eigenvalue weighted by atomic mass is 9.77. The van der Waals surface area contributed by atoms with Gasteiger partial charge < -0.3 is 24.3 Å². The third kappa shape index (κ3) is 5.86. The standard InChI is InChI=1S/C37H32N4O6/c1-24(42)45-29-11-14-32-35(21-29)46-34-20-28(44-2)10-13-31(34)37(32)33-19-25(9-12-30(33)36(43)47-37)40-17-18-41(22-26-7-3-5-15-38-26)23-27-8-4-6-16-39-27/h3-16,19-21,40H,17-18,22-23H2,1-2H3. The van der Waals surface area contributed by atoms with Crippen LogP contribution in [0.4, 0.5) is 5.69 Å². The molecule has 1 unspecified atom stereocenters. The van der Waals surface area contributed by atoms with Crippen LogP contribution >= 0.6 is 0 Å². The summed E-state index contributed by atoms with van der Waals surface area (Å²) in [5, 5.41) is 3.55. The molecule has 2 aliphatic heterocycles. The maximum absolute atomic E-state index is 13.5. The number of carbonyl (C=O) groups is 2. The molecule has 0 aliphatic carbocycles. The molecule has 2 aromatic heterocycles. The van der Waals surface area contributed by atoms with Gasteiger partial charge in [-0.3, -0.25) is 19.7 Å². The molecular weight excluding hydrogens is 596 g/mol. The first-order valence-corrected chi connectivity index (χ1v) is 15.3. The van der Waals surface area contributed by atoms with Crippen molar-refractivity contribution in [3.05, 3.63) is 137 Å². The predicted octanol–water partition coefficient (Wildman–Crippen LogP) is 6.09. The van der Waals surface area contributed by atoms with Crippen LogP contribution in [-0.2, 0) is 28.2 Å². The van der Waals surface area contributed by atoms with Gasteiger partial charge in [0.25, 0.3) is 0 Å². The molecular formula is C37H32N4O6. The first-order chi connectivity index (χ1) is 22.9. The minimum Gasteiger partial charge on any atom is -0.497 e. The van der Waals surface area contributed by atoms with Gasteiger partial charge >= 0.3 is 11.9 Å². The molecule has 0 bridgehead atoms. The third-order valence-electron chi connectivity index (χ3n) is 8.23. The summed E-state index contributed by atoms with van der Waals surface area (Å²) in [6.07, 6.45) is 3.60. The van der Waals surface area contributed by atoms with Gasteiger partial charge in [0, 0.05) is 80.0 Å². The Morgan fingerprint density at radius 1 is 0.830 bits per heavy atom. The summed E-state index contributed by atoms with van der Waals surface area (Å²) in [5.41, 5.74) is 3.91. The Bertz CT molecular complexity index is 1910. The quantitative estimate of drug-likeness (QED) is 0.144. The largest absolute Gasteiger partial charge is 0.497 e. The number of carbonyl (C=O) groups excluding carboxylic acids is 2. The SMILES string of the molecule is COc1ccc2c(c1)Oc1cc(OC(C)=O)ccc1C21OC(=O)c2ccc(NCCN(Cc3ccccn3)Cc3ccccn3)cc21.